The summed E-state index contributed by atoms with van der Waals surface area (Å²) in [5.74, 6) is -0.266. The van der Waals surface area contributed by atoms with Crippen LogP contribution in [0.3, 0.4) is 0 Å². The van der Waals surface area contributed by atoms with Crippen molar-refractivity contribution in [3.05, 3.63) is 34.9 Å². The molecule has 0 saturated carbocycles. The minimum absolute atomic E-state index is 0.125. The van der Waals surface area contributed by atoms with E-state index in [1.165, 1.54) is 0 Å². The quantitative estimate of drug-likeness (QED) is 0.559. The van der Waals surface area contributed by atoms with Crippen LogP contribution in [0.25, 0.3) is 0 Å². The Morgan fingerprint density at radius 2 is 2.00 bits per heavy atom. The molecule has 1 aliphatic heterocycles. The van der Waals surface area contributed by atoms with Gasteiger partial charge in [-0.3, -0.25) is 0 Å². The molecule has 0 spiro atoms. The summed E-state index contributed by atoms with van der Waals surface area (Å²) in [7, 11) is 0. The standard InChI is InChI=1S/C12H14O3/c1-8-3-9(2)5-10(4-8)12(13)15-7-11-6-14-11/h3-5,11H,6-7H2,1-2H3. The van der Waals surface area contributed by atoms with E-state index in [0.29, 0.717) is 18.8 Å². The zero-order valence-electron chi connectivity index (χ0n) is 8.95. The van der Waals surface area contributed by atoms with E-state index in [1.807, 2.05) is 32.0 Å². The van der Waals surface area contributed by atoms with E-state index < -0.39 is 0 Å². The van der Waals surface area contributed by atoms with E-state index in [9.17, 15) is 4.79 Å². The van der Waals surface area contributed by atoms with Crippen LogP contribution in [0, 0.1) is 13.8 Å². The highest BCUT2D eigenvalue weighted by Gasteiger charge is 2.24. The van der Waals surface area contributed by atoms with Gasteiger partial charge in [-0.15, -0.1) is 0 Å². The maximum absolute atomic E-state index is 11.6. The lowest BCUT2D eigenvalue weighted by Crippen LogP contribution is -2.10. The number of rotatable bonds is 3. The number of benzene rings is 1. The molecular formula is C12H14O3. The number of epoxide rings is 1. The summed E-state index contributed by atoms with van der Waals surface area (Å²) >= 11 is 0. The Bertz CT molecular complexity index is 360. The average Bonchev–Trinajstić information content (AvgIpc) is 2.96. The molecule has 1 heterocycles. The first-order chi connectivity index (χ1) is 7.15. The average molecular weight is 206 g/mol. The minimum atomic E-state index is -0.266. The van der Waals surface area contributed by atoms with Crippen LogP contribution in [0.2, 0.25) is 0 Å². The summed E-state index contributed by atoms with van der Waals surface area (Å²) in [6.45, 7) is 5.01. The summed E-state index contributed by atoms with van der Waals surface area (Å²) in [4.78, 5) is 11.6. The Labute approximate surface area is 89.0 Å². The van der Waals surface area contributed by atoms with Crippen molar-refractivity contribution in [3.8, 4) is 0 Å². The lowest BCUT2D eigenvalue weighted by Gasteiger charge is -2.04. The number of esters is 1. The molecule has 1 fully saturated rings. The third-order valence-corrected chi connectivity index (χ3v) is 2.26. The van der Waals surface area contributed by atoms with Gasteiger partial charge in [0.15, 0.2) is 0 Å². The van der Waals surface area contributed by atoms with Gasteiger partial charge in [0.05, 0.1) is 12.2 Å². The number of hydrogen-bond acceptors (Lipinski definition) is 3. The molecule has 15 heavy (non-hydrogen) atoms. The SMILES string of the molecule is Cc1cc(C)cc(C(=O)OCC2CO2)c1. The summed E-state index contributed by atoms with van der Waals surface area (Å²) in [5.41, 5.74) is 2.77. The highest BCUT2D eigenvalue weighted by molar-refractivity contribution is 5.89. The fraction of sp³-hybridized carbons (Fsp3) is 0.417. The molecule has 1 aromatic rings. The molecule has 1 aliphatic rings. The van der Waals surface area contributed by atoms with Gasteiger partial charge in [-0.25, -0.2) is 4.79 Å². The first-order valence-corrected chi connectivity index (χ1v) is 5.02. The number of carbonyl (C=O) groups excluding carboxylic acids is 1. The molecule has 1 unspecified atom stereocenters. The van der Waals surface area contributed by atoms with Crippen LogP contribution in [0.1, 0.15) is 21.5 Å². The molecule has 1 saturated heterocycles. The van der Waals surface area contributed by atoms with Gasteiger partial charge in [-0.2, -0.15) is 0 Å². The van der Waals surface area contributed by atoms with Crippen molar-refractivity contribution >= 4 is 5.97 Å². The van der Waals surface area contributed by atoms with Crippen molar-refractivity contribution in [2.24, 2.45) is 0 Å². The van der Waals surface area contributed by atoms with E-state index in [-0.39, 0.29) is 12.1 Å². The van der Waals surface area contributed by atoms with Crippen molar-refractivity contribution < 1.29 is 14.3 Å². The van der Waals surface area contributed by atoms with Crippen molar-refractivity contribution in [3.63, 3.8) is 0 Å². The zero-order chi connectivity index (χ0) is 10.8. The van der Waals surface area contributed by atoms with Crippen molar-refractivity contribution in [2.45, 2.75) is 20.0 Å². The smallest absolute Gasteiger partial charge is 0.338 e. The monoisotopic (exact) mass is 206 g/mol. The second kappa shape index (κ2) is 4.03. The molecule has 0 amide bonds. The second-order valence-corrected chi connectivity index (χ2v) is 3.93. The maximum atomic E-state index is 11.6. The molecule has 0 N–H and O–H groups in total. The van der Waals surface area contributed by atoms with Gasteiger partial charge in [0.25, 0.3) is 0 Å². The highest BCUT2D eigenvalue weighted by atomic mass is 16.6. The Morgan fingerprint density at radius 1 is 1.40 bits per heavy atom. The van der Waals surface area contributed by atoms with E-state index in [1.54, 1.807) is 0 Å². The fourth-order valence-electron chi connectivity index (χ4n) is 1.51. The first-order valence-electron chi connectivity index (χ1n) is 5.02. The van der Waals surface area contributed by atoms with Crippen LogP contribution in [-0.2, 0) is 9.47 Å². The molecule has 1 aromatic carbocycles. The molecule has 3 heteroatoms. The van der Waals surface area contributed by atoms with E-state index in [2.05, 4.69) is 0 Å². The lowest BCUT2D eigenvalue weighted by atomic mass is 10.1. The van der Waals surface area contributed by atoms with E-state index >= 15 is 0 Å². The summed E-state index contributed by atoms with van der Waals surface area (Å²) in [6.07, 6.45) is 0.125. The summed E-state index contributed by atoms with van der Waals surface area (Å²) in [5, 5.41) is 0. The normalized spacial score (nSPS) is 18.7. The molecule has 0 aliphatic carbocycles. The molecular weight excluding hydrogens is 192 g/mol. The molecule has 80 valence electrons. The molecule has 0 radical (unpaired) electrons. The topological polar surface area (TPSA) is 38.8 Å². The van der Waals surface area contributed by atoms with Crippen LogP contribution in [0.4, 0.5) is 0 Å². The molecule has 0 aromatic heterocycles. The molecule has 1 atom stereocenters. The van der Waals surface area contributed by atoms with Gasteiger partial charge in [-0.1, -0.05) is 17.2 Å². The van der Waals surface area contributed by atoms with Crippen molar-refractivity contribution in [1.82, 2.24) is 0 Å². The second-order valence-electron chi connectivity index (χ2n) is 3.93. The summed E-state index contributed by atoms with van der Waals surface area (Å²) in [6, 6.07) is 5.70. The van der Waals surface area contributed by atoms with Crippen LogP contribution >= 0.6 is 0 Å². The first kappa shape index (κ1) is 10.2. The third kappa shape index (κ3) is 2.80. The Hall–Kier alpha value is -1.35. The van der Waals surface area contributed by atoms with Gasteiger partial charge in [0.1, 0.15) is 12.7 Å². The third-order valence-electron chi connectivity index (χ3n) is 2.26. The van der Waals surface area contributed by atoms with Gasteiger partial charge >= 0.3 is 5.97 Å². The molecule has 0 bridgehead atoms. The summed E-state index contributed by atoms with van der Waals surface area (Å²) < 4.78 is 10.1. The van der Waals surface area contributed by atoms with E-state index in [0.717, 1.165) is 11.1 Å². The van der Waals surface area contributed by atoms with Gasteiger partial charge < -0.3 is 9.47 Å². The van der Waals surface area contributed by atoms with Crippen LogP contribution in [0.5, 0.6) is 0 Å². The number of carbonyl (C=O) groups is 1. The number of aryl methyl sites for hydroxylation is 2. The molecule has 2 rings (SSSR count). The van der Waals surface area contributed by atoms with Crippen LogP contribution < -0.4 is 0 Å². The van der Waals surface area contributed by atoms with Gasteiger partial charge in [-0.05, 0) is 26.0 Å². The zero-order valence-corrected chi connectivity index (χ0v) is 8.95. The van der Waals surface area contributed by atoms with Gasteiger partial charge in [0, 0.05) is 0 Å². The number of ether oxygens (including phenoxy) is 2. The maximum Gasteiger partial charge on any atom is 0.338 e. The predicted molar refractivity (Wildman–Crippen MR) is 55.9 cm³/mol. The highest BCUT2D eigenvalue weighted by Crippen LogP contribution is 2.13. The van der Waals surface area contributed by atoms with Crippen molar-refractivity contribution in [2.75, 3.05) is 13.2 Å². The Kier molecular flexibility index (Phi) is 2.73. The van der Waals surface area contributed by atoms with Crippen LogP contribution in [-0.4, -0.2) is 25.3 Å². The Balaban J connectivity index is 2.02. The predicted octanol–water partition coefficient (Wildman–Crippen LogP) is 1.86. The van der Waals surface area contributed by atoms with Gasteiger partial charge in [0.2, 0.25) is 0 Å². The van der Waals surface area contributed by atoms with Crippen LogP contribution in [0.15, 0.2) is 18.2 Å². The minimum Gasteiger partial charge on any atom is -0.459 e. The number of hydrogen-bond donors (Lipinski definition) is 0. The Morgan fingerprint density at radius 3 is 2.53 bits per heavy atom. The molecule has 3 nitrogen and oxygen atoms in total. The largest absolute Gasteiger partial charge is 0.459 e. The van der Waals surface area contributed by atoms with E-state index in [4.69, 9.17) is 9.47 Å². The fourth-order valence-corrected chi connectivity index (χ4v) is 1.51. The lowest BCUT2D eigenvalue weighted by molar-refractivity contribution is 0.0476. The van der Waals surface area contributed by atoms with Crippen molar-refractivity contribution in [1.29, 1.82) is 0 Å².